The summed E-state index contributed by atoms with van der Waals surface area (Å²) < 4.78 is 4.62. The maximum Gasteiger partial charge on any atom is 0.324 e. The minimum absolute atomic E-state index is 0.133. The van der Waals surface area contributed by atoms with Crippen molar-refractivity contribution in [3.8, 4) is 0 Å². The monoisotopic (exact) mass is 218 g/mol. The molecule has 1 unspecified atom stereocenters. The first kappa shape index (κ1) is 10.9. The standard InChI is InChI=1S/C13H14O3/c1-8-4-5-10(6-9(8)2)13(3)7-11(14)16-12(13)15/h4-6H,7H2,1-3H3. The Labute approximate surface area is 94.4 Å². The first-order valence-corrected chi connectivity index (χ1v) is 5.26. The molecule has 1 atom stereocenters. The van der Waals surface area contributed by atoms with Gasteiger partial charge in [-0.1, -0.05) is 18.2 Å². The van der Waals surface area contributed by atoms with Gasteiger partial charge in [0.15, 0.2) is 0 Å². The Morgan fingerprint density at radius 1 is 1.19 bits per heavy atom. The van der Waals surface area contributed by atoms with Crippen LogP contribution in [0.2, 0.25) is 0 Å². The molecule has 1 aromatic rings. The molecule has 0 aliphatic carbocycles. The minimum atomic E-state index is -0.810. The van der Waals surface area contributed by atoms with Crippen molar-refractivity contribution in [2.45, 2.75) is 32.6 Å². The summed E-state index contributed by atoms with van der Waals surface area (Å²) in [5, 5.41) is 0. The largest absolute Gasteiger partial charge is 0.392 e. The quantitative estimate of drug-likeness (QED) is 0.535. The number of hydrogen-bond donors (Lipinski definition) is 0. The maximum absolute atomic E-state index is 11.7. The van der Waals surface area contributed by atoms with E-state index in [0.717, 1.165) is 11.1 Å². The van der Waals surface area contributed by atoms with Crippen molar-refractivity contribution in [3.05, 3.63) is 34.9 Å². The lowest BCUT2D eigenvalue weighted by atomic mass is 9.80. The lowest BCUT2D eigenvalue weighted by Gasteiger charge is -2.19. The number of rotatable bonds is 1. The van der Waals surface area contributed by atoms with Crippen molar-refractivity contribution >= 4 is 11.9 Å². The number of carbonyl (C=O) groups excluding carboxylic acids is 2. The van der Waals surface area contributed by atoms with Crippen LogP contribution < -0.4 is 0 Å². The summed E-state index contributed by atoms with van der Waals surface area (Å²) in [6.45, 7) is 5.76. The van der Waals surface area contributed by atoms with Crippen LogP contribution in [0.15, 0.2) is 18.2 Å². The number of cyclic esters (lactones) is 2. The molecular weight excluding hydrogens is 204 g/mol. The Bertz CT molecular complexity index is 476. The molecule has 16 heavy (non-hydrogen) atoms. The second-order valence-corrected chi connectivity index (χ2v) is 4.57. The van der Waals surface area contributed by atoms with E-state index in [0.29, 0.717) is 0 Å². The summed E-state index contributed by atoms with van der Waals surface area (Å²) in [6, 6.07) is 5.81. The van der Waals surface area contributed by atoms with Gasteiger partial charge in [0.05, 0.1) is 6.42 Å². The summed E-state index contributed by atoms with van der Waals surface area (Å²) in [7, 11) is 0. The highest BCUT2D eigenvalue weighted by Crippen LogP contribution is 2.35. The third-order valence-corrected chi connectivity index (χ3v) is 3.30. The zero-order chi connectivity index (χ0) is 11.9. The molecule has 0 spiro atoms. The highest BCUT2D eigenvalue weighted by molar-refractivity contribution is 6.00. The fourth-order valence-corrected chi connectivity index (χ4v) is 1.92. The topological polar surface area (TPSA) is 43.4 Å². The van der Waals surface area contributed by atoms with Gasteiger partial charge in [-0.25, -0.2) is 0 Å². The Kier molecular flexibility index (Phi) is 2.34. The van der Waals surface area contributed by atoms with Crippen LogP contribution in [-0.4, -0.2) is 11.9 Å². The molecule has 84 valence electrons. The molecular formula is C13H14O3. The zero-order valence-corrected chi connectivity index (χ0v) is 9.66. The fourth-order valence-electron chi connectivity index (χ4n) is 1.92. The van der Waals surface area contributed by atoms with E-state index in [1.807, 2.05) is 32.0 Å². The molecule has 1 fully saturated rings. The van der Waals surface area contributed by atoms with Crippen molar-refractivity contribution in [1.82, 2.24) is 0 Å². The normalized spacial score (nSPS) is 24.7. The van der Waals surface area contributed by atoms with Gasteiger partial charge in [-0.15, -0.1) is 0 Å². The van der Waals surface area contributed by atoms with Crippen molar-refractivity contribution in [3.63, 3.8) is 0 Å². The van der Waals surface area contributed by atoms with Crippen LogP contribution in [0.4, 0.5) is 0 Å². The van der Waals surface area contributed by atoms with Crippen molar-refractivity contribution in [2.24, 2.45) is 0 Å². The van der Waals surface area contributed by atoms with Crippen molar-refractivity contribution in [2.75, 3.05) is 0 Å². The predicted molar refractivity (Wildman–Crippen MR) is 59.0 cm³/mol. The van der Waals surface area contributed by atoms with Gasteiger partial charge < -0.3 is 4.74 Å². The van der Waals surface area contributed by atoms with Crippen LogP contribution in [0.3, 0.4) is 0 Å². The molecule has 1 saturated heterocycles. The molecule has 1 heterocycles. The van der Waals surface area contributed by atoms with E-state index in [1.54, 1.807) is 6.92 Å². The predicted octanol–water partition coefficient (Wildman–Crippen LogP) is 2.03. The lowest BCUT2D eigenvalue weighted by Crippen LogP contribution is -2.27. The van der Waals surface area contributed by atoms with E-state index < -0.39 is 17.4 Å². The molecule has 1 aromatic carbocycles. The smallest absolute Gasteiger partial charge is 0.324 e. The van der Waals surface area contributed by atoms with Gasteiger partial charge >= 0.3 is 11.9 Å². The highest BCUT2D eigenvalue weighted by Gasteiger charge is 2.46. The number of carbonyl (C=O) groups is 2. The van der Waals surface area contributed by atoms with E-state index in [1.165, 1.54) is 5.56 Å². The van der Waals surface area contributed by atoms with Crippen LogP contribution in [0.5, 0.6) is 0 Å². The van der Waals surface area contributed by atoms with Gasteiger partial charge in [0.1, 0.15) is 5.41 Å². The van der Waals surface area contributed by atoms with Gasteiger partial charge in [0, 0.05) is 0 Å². The third-order valence-electron chi connectivity index (χ3n) is 3.30. The van der Waals surface area contributed by atoms with E-state index in [9.17, 15) is 9.59 Å². The average Bonchev–Trinajstić information content (AvgIpc) is 2.46. The lowest BCUT2D eigenvalue weighted by molar-refractivity contribution is -0.153. The summed E-state index contributed by atoms with van der Waals surface area (Å²) in [5.74, 6) is -0.883. The molecule has 0 saturated carbocycles. The summed E-state index contributed by atoms with van der Waals surface area (Å²) in [6.07, 6.45) is 0.133. The molecule has 0 radical (unpaired) electrons. The van der Waals surface area contributed by atoms with Gasteiger partial charge in [0.25, 0.3) is 0 Å². The second kappa shape index (κ2) is 3.44. The second-order valence-electron chi connectivity index (χ2n) is 4.57. The van der Waals surface area contributed by atoms with E-state index in [-0.39, 0.29) is 6.42 Å². The molecule has 3 nitrogen and oxygen atoms in total. The molecule has 2 rings (SSSR count). The van der Waals surface area contributed by atoms with Crippen LogP contribution in [0, 0.1) is 13.8 Å². The molecule has 1 aliphatic rings. The molecule has 0 N–H and O–H groups in total. The maximum atomic E-state index is 11.7. The van der Waals surface area contributed by atoms with Crippen LogP contribution >= 0.6 is 0 Å². The Morgan fingerprint density at radius 2 is 1.88 bits per heavy atom. The minimum Gasteiger partial charge on any atom is -0.392 e. The van der Waals surface area contributed by atoms with Gasteiger partial charge in [-0.05, 0) is 37.5 Å². The summed E-state index contributed by atoms with van der Waals surface area (Å²) in [5.41, 5.74) is 2.33. The van der Waals surface area contributed by atoms with E-state index in [2.05, 4.69) is 4.74 Å². The van der Waals surface area contributed by atoms with Crippen LogP contribution in [0.1, 0.15) is 30.0 Å². The summed E-state index contributed by atoms with van der Waals surface area (Å²) >= 11 is 0. The van der Waals surface area contributed by atoms with Gasteiger partial charge in [-0.3, -0.25) is 9.59 Å². The van der Waals surface area contributed by atoms with Crippen LogP contribution in [0.25, 0.3) is 0 Å². The molecule has 1 aliphatic heterocycles. The first-order valence-electron chi connectivity index (χ1n) is 5.26. The Morgan fingerprint density at radius 3 is 2.38 bits per heavy atom. The third kappa shape index (κ3) is 1.52. The van der Waals surface area contributed by atoms with Gasteiger partial charge in [0.2, 0.25) is 0 Å². The average molecular weight is 218 g/mol. The number of hydrogen-bond acceptors (Lipinski definition) is 3. The zero-order valence-electron chi connectivity index (χ0n) is 9.66. The Balaban J connectivity index is 2.47. The van der Waals surface area contributed by atoms with E-state index in [4.69, 9.17) is 0 Å². The first-order chi connectivity index (χ1) is 7.43. The number of esters is 2. The van der Waals surface area contributed by atoms with Gasteiger partial charge in [-0.2, -0.15) is 0 Å². The number of ether oxygens (including phenoxy) is 1. The number of aryl methyl sites for hydroxylation is 2. The number of benzene rings is 1. The molecule has 0 bridgehead atoms. The van der Waals surface area contributed by atoms with Crippen molar-refractivity contribution < 1.29 is 14.3 Å². The van der Waals surface area contributed by atoms with E-state index >= 15 is 0 Å². The highest BCUT2D eigenvalue weighted by atomic mass is 16.6. The van der Waals surface area contributed by atoms with Crippen LogP contribution in [-0.2, 0) is 19.7 Å². The Hall–Kier alpha value is -1.64. The molecule has 0 amide bonds. The summed E-state index contributed by atoms with van der Waals surface area (Å²) in [4.78, 5) is 22.8. The SMILES string of the molecule is Cc1ccc(C2(C)CC(=O)OC2=O)cc1C. The molecule has 3 heteroatoms. The van der Waals surface area contributed by atoms with Crippen molar-refractivity contribution in [1.29, 1.82) is 0 Å². The fraction of sp³-hybridized carbons (Fsp3) is 0.385. The molecule has 0 aromatic heterocycles.